The van der Waals surface area contributed by atoms with Gasteiger partial charge in [-0.25, -0.2) is 0 Å². The van der Waals surface area contributed by atoms with Crippen molar-refractivity contribution in [2.75, 3.05) is 19.7 Å². The number of likely N-dealkylation sites (N-methyl/N-ethyl adjacent to an activating group) is 1. The molecular formula is C16H24N2O2. The van der Waals surface area contributed by atoms with E-state index in [0.717, 1.165) is 38.1 Å². The van der Waals surface area contributed by atoms with Crippen molar-refractivity contribution in [2.24, 2.45) is 5.73 Å². The van der Waals surface area contributed by atoms with Crippen LogP contribution in [-0.2, 0) is 11.2 Å². The highest BCUT2D eigenvalue weighted by molar-refractivity contribution is 5.77. The summed E-state index contributed by atoms with van der Waals surface area (Å²) in [6.07, 6.45) is 3.22. The van der Waals surface area contributed by atoms with Crippen molar-refractivity contribution in [3.8, 4) is 5.75 Å². The number of amides is 1. The lowest BCUT2D eigenvalue weighted by Gasteiger charge is -2.23. The van der Waals surface area contributed by atoms with Gasteiger partial charge in [-0.2, -0.15) is 0 Å². The number of aryl methyl sites for hydroxylation is 1. The highest BCUT2D eigenvalue weighted by atomic mass is 16.5. The maximum absolute atomic E-state index is 11.9. The highest BCUT2D eigenvalue weighted by Crippen LogP contribution is 2.30. The Morgan fingerprint density at radius 2 is 2.15 bits per heavy atom. The fraction of sp³-hybridized carbons (Fsp3) is 0.562. The Morgan fingerprint density at radius 3 is 2.85 bits per heavy atom. The maximum atomic E-state index is 11.9. The van der Waals surface area contributed by atoms with Gasteiger partial charge in [-0.3, -0.25) is 4.79 Å². The van der Waals surface area contributed by atoms with Gasteiger partial charge in [-0.15, -0.1) is 0 Å². The second-order valence-electron chi connectivity index (χ2n) is 5.21. The van der Waals surface area contributed by atoms with Gasteiger partial charge in [-0.05, 0) is 56.4 Å². The Kier molecular flexibility index (Phi) is 5.01. The van der Waals surface area contributed by atoms with Gasteiger partial charge in [0.2, 0.25) is 0 Å². The van der Waals surface area contributed by atoms with E-state index in [9.17, 15) is 4.79 Å². The van der Waals surface area contributed by atoms with E-state index >= 15 is 0 Å². The molecule has 1 atom stereocenters. The summed E-state index contributed by atoms with van der Waals surface area (Å²) in [6.45, 7) is 5.49. The van der Waals surface area contributed by atoms with Crippen LogP contribution in [0, 0.1) is 0 Å². The lowest BCUT2D eigenvalue weighted by molar-refractivity contribution is -0.132. The molecule has 2 rings (SSSR count). The first-order chi connectivity index (χ1) is 9.65. The van der Waals surface area contributed by atoms with Gasteiger partial charge >= 0.3 is 0 Å². The zero-order valence-corrected chi connectivity index (χ0v) is 12.4. The maximum Gasteiger partial charge on any atom is 0.260 e. The van der Waals surface area contributed by atoms with Crippen molar-refractivity contribution in [1.82, 2.24) is 4.90 Å². The van der Waals surface area contributed by atoms with Crippen LogP contribution in [0.15, 0.2) is 18.2 Å². The van der Waals surface area contributed by atoms with Crippen molar-refractivity contribution in [3.63, 3.8) is 0 Å². The molecule has 0 aliphatic heterocycles. The van der Waals surface area contributed by atoms with Crippen LogP contribution >= 0.6 is 0 Å². The second kappa shape index (κ2) is 6.75. The minimum atomic E-state index is 0.0319. The molecule has 0 radical (unpaired) electrons. The summed E-state index contributed by atoms with van der Waals surface area (Å²) >= 11 is 0. The fourth-order valence-corrected chi connectivity index (χ4v) is 2.73. The summed E-state index contributed by atoms with van der Waals surface area (Å²) in [5.74, 6) is 0.794. The molecule has 1 amide bonds. The van der Waals surface area contributed by atoms with Crippen molar-refractivity contribution in [1.29, 1.82) is 0 Å². The number of benzene rings is 1. The molecule has 1 aliphatic carbocycles. The normalized spacial score (nSPS) is 17.4. The smallest absolute Gasteiger partial charge is 0.260 e. The topological polar surface area (TPSA) is 55.6 Å². The van der Waals surface area contributed by atoms with Crippen LogP contribution in [0.3, 0.4) is 0 Å². The van der Waals surface area contributed by atoms with E-state index in [1.807, 2.05) is 32.0 Å². The number of nitrogens with two attached hydrogens (primary N) is 1. The van der Waals surface area contributed by atoms with Gasteiger partial charge in [0.15, 0.2) is 6.61 Å². The van der Waals surface area contributed by atoms with Crippen LogP contribution in [0.25, 0.3) is 0 Å². The molecule has 1 aliphatic rings. The van der Waals surface area contributed by atoms with E-state index in [1.165, 1.54) is 11.1 Å². The first-order valence-corrected chi connectivity index (χ1v) is 7.44. The van der Waals surface area contributed by atoms with E-state index in [1.54, 1.807) is 4.90 Å². The molecule has 1 aromatic rings. The van der Waals surface area contributed by atoms with Gasteiger partial charge in [0.25, 0.3) is 5.91 Å². The SMILES string of the molecule is CCN(CC)C(=O)COc1ccc2c(c1)CCCC2N. The fourth-order valence-electron chi connectivity index (χ4n) is 2.73. The van der Waals surface area contributed by atoms with E-state index in [2.05, 4.69) is 0 Å². The monoisotopic (exact) mass is 276 g/mol. The Morgan fingerprint density at radius 1 is 1.40 bits per heavy atom. The summed E-state index contributed by atoms with van der Waals surface area (Å²) in [7, 11) is 0. The molecule has 0 saturated heterocycles. The first-order valence-electron chi connectivity index (χ1n) is 7.44. The molecule has 0 heterocycles. The zero-order chi connectivity index (χ0) is 14.5. The Balaban J connectivity index is 1.99. The Bertz CT molecular complexity index is 470. The molecule has 0 aromatic heterocycles. The van der Waals surface area contributed by atoms with Crippen LogP contribution in [0.2, 0.25) is 0 Å². The number of hydrogen-bond acceptors (Lipinski definition) is 3. The number of carbonyl (C=O) groups is 1. The summed E-state index contributed by atoms with van der Waals surface area (Å²) in [5, 5.41) is 0. The lowest BCUT2D eigenvalue weighted by Crippen LogP contribution is -2.34. The summed E-state index contributed by atoms with van der Waals surface area (Å²) in [5.41, 5.74) is 8.57. The zero-order valence-electron chi connectivity index (χ0n) is 12.4. The molecule has 1 unspecified atom stereocenters. The summed E-state index contributed by atoms with van der Waals surface area (Å²) < 4.78 is 5.62. The third kappa shape index (κ3) is 3.31. The second-order valence-corrected chi connectivity index (χ2v) is 5.21. The number of hydrogen-bond donors (Lipinski definition) is 1. The molecule has 110 valence electrons. The van der Waals surface area contributed by atoms with Crippen LogP contribution in [0.4, 0.5) is 0 Å². The molecule has 0 saturated carbocycles. The predicted octanol–water partition coefficient (Wildman–Crippen LogP) is 2.27. The van der Waals surface area contributed by atoms with E-state index in [0.29, 0.717) is 0 Å². The van der Waals surface area contributed by atoms with Gasteiger partial charge in [0.1, 0.15) is 5.75 Å². The van der Waals surface area contributed by atoms with E-state index in [-0.39, 0.29) is 18.6 Å². The molecule has 4 heteroatoms. The molecule has 2 N–H and O–H groups in total. The number of ether oxygens (including phenoxy) is 1. The third-order valence-electron chi connectivity index (χ3n) is 3.95. The van der Waals surface area contributed by atoms with E-state index < -0.39 is 0 Å². The molecular weight excluding hydrogens is 252 g/mol. The first kappa shape index (κ1) is 14.9. The lowest BCUT2D eigenvalue weighted by atomic mass is 9.88. The quantitative estimate of drug-likeness (QED) is 0.897. The number of carbonyl (C=O) groups excluding carboxylic acids is 1. The molecule has 0 bridgehead atoms. The minimum Gasteiger partial charge on any atom is -0.484 e. The van der Waals surface area contributed by atoms with Crippen LogP contribution in [0.1, 0.15) is 43.9 Å². The van der Waals surface area contributed by atoms with Crippen molar-refractivity contribution >= 4 is 5.91 Å². The van der Waals surface area contributed by atoms with Gasteiger partial charge in [-0.1, -0.05) is 6.07 Å². The Labute approximate surface area is 120 Å². The predicted molar refractivity (Wildman–Crippen MR) is 79.7 cm³/mol. The molecule has 20 heavy (non-hydrogen) atoms. The summed E-state index contributed by atoms with van der Waals surface area (Å²) in [6, 6.07) is 6.13. The molecule has 1 aromatic carbocycles. The van der Waals surface area contributed by atoms with Gasteiger partial charge in [0, 0.05) is 19.1 Å². The van der Waals surface area contributed by atoms with Gasteiger partial charge < -0.3 is 15.4 Å². The molecule has 0 fully saturated rings. The van der Waals surface area contributed by atoms with Crippen LogP contribution in [0.5, 0.6) is 5.75 Å². The standard InChI is InChI=1S/C16H24N2O2/c1-3-18(4-2)16(19)11-20-13-8-9-14-12(10-13)6-5-7-15(14)17/h8-10,15H,3-7,11,17H2,1-2H3. The molecule has 0 spiro atoms. The largest absolute Gasteiger partial charge is 0.484 e. The van der Waals surface area contributed by atoms with Crippen LogP contribution < -0.4 is 10.5 Å². The highest BCUT2D eigenvalue weighted by Gasteiger charge is 2.17. The van der Waals surface area contributed by atoms with Crippen molar-refractivity contribution in [2.45, 2.75) is 39.2 Å². The number of rotatable bonds is 5. The summed E-state index contributed by atoms with van der Waals surface area (Å²) in [4.78, 5) is 13.7. The van der Waals surface area contributed by atoms with Gasteiger partial charge in [0.05, 0.1) is 0 Å². The van der Waals surface area contributed by atoms with E-state index in [4.69, 9.17) is 10.5 Å². The Hall–Kier alpha value is -1.55. The molecule has 4 nitrogen and oxygen atoms in total. The third-order valence-corrected chi connectivity index (χ3v) is 3.95. The average molecular weight is 276 g/mol. The number of nitrogens with zero attached hydrogens (tertiary/aromatic N) is 1. The van der Waals surface area contributed by atoms with Crippen LogP contribution in [-0.4, -0.2) is 30.5 Å². The average Bonchev–Trinajstić information content (AvgIpc) is 2.46. The minimum absolute atomic E-state index is 0.0319. The number of fused-ring (bicyclic) bond motifs is 1. The van der Waals surface area contributed by atoms with Crippen molar-refractivity contribution in [3.05, 3.63) is 29.3 Å². The van der Waals surface area contributed by atoms with Crippen molar-refractivity contribution < 1.29 is 9.53 Å².